The van der Waals surface area contributed by atoms with Crippen molar-refractivity contribution < 1.29 is 9.53 Å². The molecule has 0 amide bonds. The Hall–Kier alpha value is -0.830. The van der Waals surface area contributed by atoms with Crippen molar-refractivity contribution in [1.82, 2.24) is 0 Å². The molecule has 15 heavy (non-hydrogen) atoms. The Labute approximate surface area is 98.8 Å². The second kappa shape index (κ2) is 5.91. The molecule has 1 aromatic carbocycles. The fourth-order valence-corrected chi connectivity index (χ4v) is 1.31. The molecule has 1 atom stereocenters. The largest absolute Gasteiger partial charge is 0.494 e. The zero-order valence-corrected chi connectivity index (χ0v) is 10.6. The molecule has 0 spiro atoms. The van der Waals surface area contributed by atoms with Crippen LogP contribution >= 0.6 is 15.9 Å². The number of ether oxygens (including phenoxy) is 1. The third-order valence-corrected chi connectivity index (χ3v) is 2.50. The quantitative estimate of drug-likeness (QED) is 0.605. The molecule has 0 aromatic heterocycles. The number of hydrogen-bond donors (Lipinski definition) is 0. The van der Waals surface area contributed by atoms with E-state index in [1.165, 1.54) is 0 Å². The van der Waals surface area contributed by atoms with Crippen LogP contribution in [-0.2, 0) is 0 Å². The molecule has 1 unspecified atom stereocenters. The van der Waals surface area contributed by atoms with Gasteiger partial charge in [-0.25, -0.2) is 0 Å². The Morgan fingerprint density at radius 3 is 2.47 bits per heavy atom. The first kappa shape index (κ1) is 12.2. The van der Waals surface area contributed by atoms with Gasteiger partial charge in [0.15, 0.2) is 5.78 Å². The van der Waals surface area contributed by atoms with E-state index >= 15 is 0 Å². The minimum Gasteiger partial charge on any atom is -0.494 e. The minimum atomic E-state index is 0.0793. The average Bonchev–Trinajstić information content (AvgIpc) is 2.18. The second-order valence-electron chi connectivity index (χ2n) is 3.50. The molecule has 0 radical (unpaired) electrons. The van der Waals surface area contributed by atoms with Gasteiger partial charge in [0.2, 0.25) is 0 Å². The second-order valence-corrected chi connectivity index (χ2v) is 5.06. The molecular formula is C12H15BrO2. The van der Waals surface area contributed by atoms with Crippen molar-refractivity contribution in [3.05, 3.63) is 29.8 Å². The van der Waals surface area contributed by atoms with Crippen LogP contribution in [0.4, 0.5) is 0 Å². The SMILES string of the molecule is CC(=O)c1ccc(OCCC(C)Br)cc1. The van der Waals surface area contributed by atoms with Crippen LogP contribution in [0.5, 0.6) is 5.75 Å². The first-order valence-electron chi connectivity index (χ1n) is 4.97. The summed E-state index contributed by atoms with van der Waals surface area (Å²) in [5.74, 6) is 0.892. The molecular weight excluding hydrogens is 256 g/mol. The van der Waals surface area contributed by atoms with E-state index in [1.807, 2.05) is 12.1 Å². The highest BCUT2D eigenvalue weighted by molar-refractivity contribution is 9.09. The highest BCUT2D eigenvalue weighted by Crippen LogP contribution is 2.13. The third-order valence-electron chi connectivity index (χ3n) is 2.05. The Kier molecular flexibility index (Phi) is 4.82. The topological polar surface area (TPSA) is 26.3 Å². The van der Waals surface area contributed by atoms with E-state index in [0.717, 1.165) is 17.7 Å². The van der Waals surface area contributed by atoms with Gasteiger partial charge in [-0.05, 0) is 37.6 Å². The van der Waals surface area contributed by atoms with Crippen molar-refractivity contribution in [2.24, 2.45) is 0 Å². The van der Waals surface area contributed by atoms with Crippen molar-refractivity contribution in [2.75, 3.05) is 6.61 Å². The first-order chi connectivity index (χ1) is 7.09. The monoisotopic (exact) mass is 270 g/mol. The predicted molar refractivity (Wildman–Crippen MR) is 64.9 cm³/mol. The van der Waals surface area contributed by atoms with Crippen LogP contribution in [0, 0.1) is 0 Å². The molecule has 0 saturated heterocycles. The Morgan fingerprint density at radius 1 is 1.40 bits per heavy atom. The van der Waals surface area contributed by atoms with Gasteiger partial charge in [0.1, 0.15) is 5.75 Å². The standard InChI is InChI=1S/C12H15BrO2/c1-9(13)7-8-15-12-5-3-11(4-6-12)10(2)14/h3-6,9H,7-8H2,1-2H3. The van der Waals surface area contributed by atoms with Gasteiger partial charge >= 0.3 is 0 Å². The Balaban J connectivity index is 2.46. The molecule has 0 aliphatic carbocycles. The molecule has 0 N–H and O–H groups in total. The molecule has 0 saturated carbocycles. The van der Waals surface area contributed by atoms with Crippen LogP contribution in [0.2, 0.25) is 0 Å². The summed E-state index contributed by atoms with van der Waals surface area (Å²) < 4.78 is 5.51. The van der Waals surface area contributed by atoms with E-state index in [-0.39, 0.29) is 5.78 Å². The smallest absolute Gasteiger partial charge is 0.159 e. The number of carbonyl (C=O) groups is 1. The van der Waals surface area contributed by atoms with E-state index in [0.29, 0.717) is 11.4 Å². The highest BCUT2D eigenvalue weighted by Gasteiger charge is 2.00. The van der Waals surface area contributed by atoms with Gasteiger partial charge in [0.05, 0.1) is 6.61 Å². The van der Waals surface area contributed by atoms with Crippen molar-refractivity contribution in [3.63, 3.8) is 0 Å². The first-order valence-corrected chi connectivity index (χ1v) is 5.89. The summed E-state index contributed by atoms with van der Waals surface area (Å²) in [5, 5.41) is 0. The summed E-state index contributed by atoms with van der Waals surface area (Å²) in [7, 11) is 0. The molecule has 0 aliphatic heterocycles. The lowest BCUT2D eigenvalue weighted by molar-refractivity contribution is 0.101. The van der Waals surface area contributed by atoms with E-state index < -0.39 is 0 Å². The summed E-state index contributed by atoms with van der Waals surface area (Å²) in [4.78, 5) is 11.5. The molecule has 1 aromatic rings. The molecule has 3 heteroatoms. The number of alkyl halides is 1. The number of hydrogen-bond acceptors (Lipinski definition) is 2. The zero-order valence-electron chi connectivity index (χ0n) is 9.00. The summed E-state index contributed by atoms with van der Waals surface area (Å²) in [6.45, 7) is 4.33. The zero-order chi connectivity index (χ0) is 11.3. The van der Waals surface area contributed by atoms with Gasteiger partial charge in [-0.15, -0.1) is 0 Å². The summed E-state index contributed by atoms with van der Waals surface area (Å²) in [5.41, 5.74) is 0.719. The van der Waals surface area contributed by atoms with Gasteiger partial charge in [-0.3, -0.25) is 4.79 Å². The molecule has 0 heterocycles. The highest BCUT2D eigenvalue weighted by atomic mass is 79.9. The van der Waals surface area contributed by atoms with Crippen LogP contribution in [0.15, 0.2) is 24.3 Å². The van der Waals surface area contributed by atoms with Crippen LogP contribution in [-0.4, -0.2) is 17.2 Å². The van der Waals surface area contributed by atoms with E-state index in [1.54, 1.807) is 19.1 Å². The summed E-state index contributed by atoms with van der Waals surface area (Å²) >= 11 is 3.45. The maximum atomic E-state index is 11.0. The molecule has 0 aliphatic rings. The van der Waals surface area contributed by atoms with Gasteiger partial charge in [0.25, 0.3) is 0 Å². The van der Waals surface area contributed by atoms with Crippen LogP contribution in [0.3, 0.4) is 0 Å². The van der Waals surface area contributed by atoms with Crippen LogP contribution in [0.1, 0.15) is 30.6 Å². The molecule has 0 fully saturated rings. The maximum Gasteiger partial charge on any atom is 0.159 e. The Morgan fingerprint density at radius 2 is 2.00 bits per heavy atom. The number of rotatable bonds is 5. The van der Waals surface area contributed by atoms with E-state index in [9.17, 15) is 4.79 Å². The predicted octanol–water partition coefficient (Wildman–Crippen LogP) is 3.44. The summed E-state index contributed by atoms with van der Waals surface area (Å²) in [6.07, 6.45) is 0.967. The van der Waals surface area contributed by atoms with Crippen molar-refractivity contribution >= 4 is 21.7 Å². The van der Waals surface area contributed by atoms with Crippen molar-refractivity contribution in [2.45, 2.75) is 25.1 Å². The molecule has 2 nitrogen and oxygen atoms in total. The number of halogens is 1. The normalized spacial score (nSPS) is 12.2. The van der Waals surface area contributed by atoms with Gasteiger partial charge in [-0.2, -0.15) is 0 Å². The van der Waals surface area contributed by atoms with Crippen molar-refractivity contribution in [3.8, 4) is 5.75 Å². The fraction of sp³-hybridized carbons (Fsp3) is 0.417. The van der Waals surface area contributed by atoms with Gasteiger partial charge < -0.3 is 4.74 Å². The maximum absolute atomic E-state index is 11.0. The summed E-state index contributed by atoms with van der Waals surface area (Å²) in [6, 6.07) is 7.23. The Bertz CT molecular complexity index is 317. The lowest BCUT2D eigenvalue weighted by Gasteiger charge is -2.07. The molecule has 1 rings (SSSR count). The fourth-order valence-electron chi connectivity index (χ4n) is 1.13. The third kappa shape index (κ3) is 4.47. The average molecular weight is 271 g/mol. The lowest BCUT2D eigenvalue weighted by atomic mass is 10.1. The van der Waals surface area contributed by atoms with Gasteiger partial charge in [0, 0.05) is 10.4 Å². The minimum absolute atomic E-state index is 0.0793. The molecule has 0 bridgehead atoms. The number of ketones is 1. The molecule has 82 valence electrons. The van der Waals surface area contributed by atoms with E-state index in [2.05, 4.69) is 22.9 Å². The number of Topliss-reactive ketones (excluding diaryl/α,β-unsaturated/α-hetero) is 1. The van der Waals surface area contributed by atoms with Crippen LogP contribution < -0.4 is 4.74 Å². The van der Waals surface area contributed by atoms with Crippen molar-refractivity contribution in [1.29, 1.82) is 0 Å². The lowest BCUT2D eigenvalue weighted by Crippen LogP contribution is -2.02. The number of carbonyl (C=O) groups excluding carboxylic acids is 1. The van der Waals surface area contributed by atoms with Gasteiger partial charge in [-0.1, -0.05) is 22.9 Å². The number of benzene rings is 1. The van der Waals surface area contributed by atoms with E-state index in [4.69, 9.17) is 4.74 Å². The van der Waals surface area contributed by atoms with Crippen LogP contribution in [0.25, 0.3) is 0 Å².